The maximum absolute atomic E-state index is 10.9. The number of hydrogen-bond donors (Lipinski definition) is 1. The molecule has 0 saturated carbocycles. The number of nitrogens with one attached hydrogen (secondary N) is 1. The predicted molar refractivity (Wildman–Crippen MR) is 70.0 cm³/mol. The molecular weight excluding hydrogens is 238 g/mol. The van der Waals surface area contributed by atoms with Crippen molar-refractivity contribution in [2.24, 2.45) is 0 Å². The van der Waals surface area contributed by atoms with E-state index in [1.807, 2.05) is 13.8 Å². The van der Waals surface area contributed by atoms with Gasteiger partial charge in [-0.2, -0.15) is 0 Å². The second kappa shape index (κ2) is 7.21. The highest BCUT2D eigenvalue weighted by molar-refractivity contribution is 7.84. The number of anilines is 1. The third-order valence-electron chi connectivity index (χ3n) is 2.22. The maximum Gasteiger partial charge on any atom is 0.221 e. The Morgan fingerprint density at radius 2 is 2.24 bits per heavy atom. The topological polar surface area (TPSA) is 64.1 Å². The summed E-state index contributed by atoms with van der Waals surface area (Å²) in [4.78, 5) is 8.22. The largest absolute Gasteiger partial charge is 0.478 e. The van der Waals surface area contributed by atoms with Crippen LogP contribution in [0, 0.1) is 6.92 Å². The number of rotatable bonds is 7. The summed E-state index contributed by atoms with van der Waals surface area (Å²) in [5, 5.41) is 3.20. The molecule has 0 spiro atoms. The van der Waals surface area contributed by atoms with Gasteiger partial charge in [0, 0.05) is 29.4 Å². The van der Waals surface area contributed by atoms with Crippen molar-refractivity contribution >= 4 is 16.6 Å². The van der Waals surface area contributed by atoms with Gasteiger partial charge in [0.2, 0.25) is 5.88 Å². The van der Waals surface area contributed by atoms with Gasteiger partial charge in [0.15, 0.2) is 0 Å². The van der Waals surface area contributed by atoms with Crippen molar-refractivity contribution in [3.05, 3.63) is 11.9 Å². The molecule has 0 bridgehead atoms. The van der Waals surface area contributed by atoms with Crippen LogP contribution in [0.15, 0.2) is 6.33 Å². The summed E-state index contributed by atoms with van der Waals surface area (Å²) in [7, 11) is -0.734. The van der Waals surface area contributed by atoms with Crippen LogP contribution in [-0.2, 0) is 10.8 Å². The van der Waals surface area contributed by atoms with Crippen LogP contribution in [0.5, 0.6) is 5.88 Å². The smallest absolute Gasteiger partial charge is 0.221 e. The van der Waals surface area contributed by atoms with Gasteiger partial charge in [-0.05, 0) is 20.3 Å². The molecule has 17 heavy (non-hydrogen) atoms. The fraction of sp³-hybridized carbons (Fsp3) is 0.636. The molecule has 1 unspecified atom stereocenters. The monoisotopic (exact) mass is 257 g/mol. The molecule has 5 nitrogen and oxygen atoms in total. The van der Waals surface area contributed by atoms with Crippen LogP contribution < -0.4 is 10.1 Å². The molecule has 1 N–H and O–H groups in total. The highest BCUT2D eigenvalue weighted by atomic mass is 32.2. The summed E-state index contributed by atoms with van der Waals surface area (Å²) < 4.78 is 16.3. The highest BCUT2D eigenvalue weighted by Crippen LogP contribution is 2.19. The third kappa shape index (κ3) is 4.68. The van der Waals surface area contributed by atoms with Crippen LogP contribution >= 0.6 is 0 Å². The van der Waals surface area contributed by atoms with Crippen molar-refractivity contribution in [2.75, 3.05) is 30.5 Å². The van der Waals surface area contributed by atoms with Crippen molar-refractivity contribution in [2.45, 2.75) is 20.3 Å². The van der Waals surface area contributed by atoms with Crippen molar-refractivity contribution < 1.29 is 8.95 Å². The summed E-state index contributed by atoms with van der Waals surface area (Å²) in [5.41, 5.74) is 0.909. The van der Waals surface area contributed by atoms with Crippen molar-refractivity contribution in [3.63, 3.8) is 0 Å². The molecule has 96 valence electrons. The van der Waals surface area contributed by atoms with Gasteiger partial charge in [-0.15, -0.1) is 0 Å². The van der Waals surface area contributed by atoms with Gasteiger partial charge >= 0.3 is 0 Å². The lowest BCUT2D eigenvalue weighted by atomic mass is 10.3. The quantitative estimate of drug-likeness (QED) is 0.747. The summed E-state index contributed by atoms with van der Waals surface area (Å²) in [5.74, 6) is 2.10. The SMILES string of the molecule is CCOc1ncnc(NCCCS(C)=O)c1C. The molecule has 0 fully saturated rings. The molecule has 0 amide bonds. The van der Waals surface area contributed by atoms with Crippen LogP contribution in [0.3, 0.4) is 0 Å². The number of hydrogen-bond acceptors (Lipinski definition) is 5. The molecule has 1 atom stereocenters. The van der Waals surface area contributed by atoms with E-state index in [1.54, 1.807) is 6.26 Å². The minimum absolute atomic E-state index is 0.589. The summed E-state index contributed by atoms with van der Waals surface area (Å²) in [6, 6.07) is 0. The molecule has 0 aliphatic carbocycles. The third-order valence-corrected chi connectivity index (χ3v) is 3.08. The van der Waals surface area contributed by atoms with E-state index in [2.05, 4.69) is 15.3 Å². The Hall–Kier alpha value is -1.17. The first-order valence-electron chi connectivity index (χ1n) is 5.63. The Bertz CT molecular complexity index is 385. The van der Waals surface area contributed by atoms with E-state index in [-0.39, 0.29) is 0 Å². The van der Waals surface area contributed by atoms with Crippen molar-refractivity contribution in [1.82, 2.24) is 9.97 Å². The predicted octanol–water partition coefficient (Wildman–Crippen LogP) is 1.36. The van der Waals surface area contributed by atoms with Gasteiger partial charge < -0.3 is 10.1 Å². The Morgan fingerprint density at radius 3 is 2.88 bits per heavy atom. The van der Waals surface area contributed by atoms with Crippen LogP contribution in [0.2, 0.25) is 0 Å². The fourth-order valence-electron chi connectivity index (χ4n) is 1.38. The minimum atomic E-state index is -0.734. The molecule has 0 saturated heterocycles. The molecule has 1 aromatic rings. The highest BCUT2D eigenvalue weighted by Gasteiger charge is 2.06. The average molecular weight is 257 g/mol. The molecule has 0 aliphatic rings. The van der Waals surface area contributed by atoms with Gasteiger partial charge in [0.05, 0.1) is 12.2 Å². The Labute approximate surface area is 104 Å². The number of ether oxygens (including phenoxy) is 1. The average Bonchev–Trinajstić information content (AvgIpc) is 2.29. The molecule has 1 aromatic heterocycles. The van der Waals surface area contributed by atoms with Crippen LogP contribution in [-0.4, -0.2) is 39.3 Å². The van der Waals surface area contributed by atoms with E-state index in [0.29, 0.717) is 18.2 Å². The molecular formula is C11H19N3O2S. The molecule has 1 rings (SSSR count). The van der Waals surface area contributed by atoms with E-state index >= 15 is 0 Å². The van der Waals surface area contributed by atoms with E-state index < -0.39 is 10.8 Å². The van der Waals surface area contributed by atoms with Crippen LogP contribution in [0.4, 0.5) is 5.82 Å². The zero-order chi connectivity index (χ0) is 12.7. The molecule has 6 heteroatoms. The van der Waals surface area contributed by atoms with E-state index in [9.17, 15) is 4.21 Å². The Balaban J connectivity index is 2.53. The lowest BCUT2D eigenvalue weighted by Gasteiger charge is -2.10. The van der Waals surface area contributed by atoms with Crippen LogP contribution in [0.25, 0.3) is 0 Å². The first kappa shape index (κ1) is 13.9. The lowest BCUT2D eigenvalue weighted by Crippen LogP contribution is -2.09. The number of aromatic nitrogens is 2. The zero-order valence-electron chi connectivity index (χ0n) is 10.5. The van der Waals surface area contributed by atoms with Crippen molar-refractivity contribution in [1.29, 1.82) is 0 Å². The molecule has 0 aliphatic heterocycles. The lowest BCUT2D eigenvalue weighted by molar-refractivity contribution is 0.324. The first-order chi connectivity index (χ1) is 8.15. The minimum Gasteiger partial charge on any atom is -0.478 e. The van der Waals surface area contributed by atoms with Gasteiger partial charge in [0.25, 0.3) is 0 Å². The van der Waals surface area contributed by atoms with Gasteiger partial charge in [-0.3, -0.25) is 4.21 Å². The second-order valence-corrected chi connectivity index (χ2v) is 5.20. The van der Waals surface area contributed by atoms with Gasteiger partial charge in [0.1, 0.15) is 12.1 Å². The number of nitrogens with zero attached hydrogens (tertiary/aromatic N) is 2. The Morgan fingerprint density at radius 1 is 1.47 bits per heavy atom. The van der Waals surface area contributed by atoms with E-state index in [0.717, 1.165) is 24.3 Å². The summed E-state index contributed by atoms with van der Waals surface area (Å²) >= 11 is 0. The molecule has 1 heterocycles. The zero-order valence-corrected chi connectivity index (χ0v) is 11.3. The van der Waals surface area contributed by atoms with Gasteiger partial charge in [-0.1, -0.05) is 0 Å². The normalized spacial score (nSPS) is 12.2. The fourth-order valence-corrected chi connectivity index (χ4v) is 1.93. The molecule has 0 aromatic carbocycles. The maximum atomic E-state index is 10.9. The summed E-state index contributed by atoms with van der Waals surface area (Å²) in [6.45, 7) is 5.19. The standard InChI is InChI=1S/C11H19N3O2S/c1-4-16-11-9(2)10(13-8-14-11)12-6-5-7-17(3)15/h8H,4-7H2,1-3H3,(H,12,13,14). The summed E-state index contributed by atoms with van der Waals surface area (Å²) in [6.07, 6.45) is 4.05. The molecule has 0 radical (unpaired) electrons. The van der Waals surface area contributed by atoms with Crippen molar-refractivity contribution in [3.8, 4) is 5.88 Å². The van der Waals surface area contributed by atoms with Crippen LogP contribution in [0.1, 0.15) is 18.9 Å². The van der Waals surface area contributed by atoms with E-state index in [1.165, 1.54) is 6.33 Å². The first-order valence-corrected chi connectivity index (χ1v) is 7.36. The van der Waals surface area contributed by atoms with Gasteiger partial charge in [-0.25, -0.2) is 9.97 Å². The Kier molecular flexibility index (Phi) is 5.90. The van der Waals surface area contributed by atoms with E-state index in [4.69, 9.17) is 4.74 Å². The second-order valence-electron chi connectivity index (χ2n) is 3.64.